The zero-order chi connectivity index (χ0) is 27.7. The van der Waals surface area contributed by atoms with Crippen LogP contribution in [0.25, 0.3) is 22.3 Å². The number of amides is 1. The number of nitrogens with one attached hydrogen (secondary N) is 2. The number of nitrogens with zero attached hydrogens (tertiary/aromatic N) is 1. The van der Waals surface area contributed by atoms with E-state index in [0.717, 1.165) is 17.3 Å². The number of carbonyl (C=O) groups is 1. The van der Waals surface area contributed by atoms with Crippen molar-refractivity contribution >= 4 is 44.5 Å². The molecule has 0 saturated carbocycles. The summed E-state index contributed by atoms with van der Waals surface area (Å²) in [4.78, 5) is 12.7. The van der Waals surface area contributed by atoms with Crippen molar-refractivity contribution in [1.82, 2.24) is 9.62 Å². The maximum Gasteiger partial charge on any atom is 0.255 e. The Bertz CT molecular complexity index is 1640. The van der Waals surface area contributed by atoms with Gasteiger partial charge in [0.1, 0.15) is 27.9 Å². The fourth-order valence-corrected chi connectivity index (χ4v) is 7.04. The predicted molar refractivity (Wildman–Crippen MR) is 149 cm³/mol. The third-order valence-corrected chi connectivity index (χ3v) is 9.23. The summed E-state index contributed by atoms with van der Waals surface area (Å²) in [6, 6.07) is 14.7. The number of fused-ring (bicyclic) bond motifs is 1. The Balaban J connectivity index is 1.61. The van der Waals surface area contributed by atoms with Crippen molar-refractivity contribution < 1.29 is 26.4 Å². The minimum Gasteiger partial charge on any atom is -0.455 e. The molecular weight excluding hydrogens is 544 g/mol. The van der Waals surface area contributed by atoms with Gasteiger partial charge in [0.2, 0.25) is 10.0 Å². The Morgan fingerprint density at radius 2 is 1.85 bits per heavy atom. The predicted octanol–water partition coefficient (Wildman–Crippen LogP) is 6.00. The molecule has 1 saturated heterocycles. The van der Waals surface area contributed by atoms with Gasteiger partial charge in [-0.15, -0.1) is 0 Å². The van der Waals surface area contributed by atoms with E-state index in [0.29, 0.717) is 40.7 Å². The molecule has 0 bridgehead atoms. The Labute approximate surface area is 229 Å². The molecule has 0 aliphatic carbocycles. The zero-order valence-corrected chi connectivity index (χ0v) is 23.0. The first-order valence-electron chi connectivity index (χ1n) is 12.4. The van der Waals surface area contributed by atoms with E-state index in [2.05, 4.69) is 10.0 Å². The van der Waals surface area contributed by atoms with E-state index in [1.165, 1.54) is 53.6 Å². The van der Waals surface area contributed by atoms with Gasteiger partial charge in [-0.25, -0.2) is 17.2 Å². The lowest BCUT2D eigenvalue weighted by Gasteiger charge is -2.33. The fourth-order valence-electron chi connectivity index (χ4n) is 5.06. The third kappa shape index (κ3) is 5.13. The van der Waals surface area contributed by atoms with Crippen LogP contribution >= 0.6 is 11.9 Å². The number of hydrogen-bond acceptors (Lipinski definition) is 6. The Hall–Kier alpha value is -3.41. The van der Waals surface area contributed by atoms with Crippen molar-refractivity contribution in [2.75, 3.05) is 31.1 Å². The molecule has 1 aromatic heterocycles. The molecule has 1 fully saturated rings. The van der Waals surface area contributed by atoms with Crippen molar-refractivity contribution in [2.45, 2.75) is 23.7 Å². The van der Waals surface area contributed by atoms with E-state index >= 15 is 0 Å². The average molecular weight is 572 g/mol. The molecule has 1 aliphatic heterocycles. The number of furan rings is 1. The van der Waals surface area contributed by atoms with Crippen LogP contribution in [0.3, 0.4) is 0 Å². The summed E-state index contributed by atoms with van der Waals surface area (Å²) in [6.45, 7) is 0.438. The summed E-state index contributed by atoms with van der Waals surface area (Å²) in [7, 11) is -2.52. The molecule has 1 aliphatic rings. The Kier molecular flexibility index (Phi) is 7.66. The van der Waals surface area contributed by atoms with Crippen LogP contribution in [-0.4, -0.2) is 45.0 Å². The average Bonchev–Trinajstić information content (AvgIpc) is 3.31. The molecule has 39 heavy (non-hydrogen) atoms. The SMILES string of the molecule is CNC(=O)c1c(-c2ccc(F)cc2)oc2cc(NSC)c([C@H]3CCCN(S(=O)(=O)c4ccccc4F)C3)cc12. The normalized spacial score (nSPS) is 16.4. The number of halogens is 2. The second-order valence-electron chi connectivity index (χ2n) is 9.27. The van der Waals surface area contributed by atoms with Crippen molar-refractivity contribution in [3.63, 3.8) is 0 Å². The van der Waals surface area contributed by atoms with Crippen molar-refractivity contribution in [3.05, 3.63) is 83.4 Å². The lowest BCUT2D eigenvalue weighted by Crippen LogP contribution is -2.39. The first-order chi connectivity index (χ1) is 18.7. The summed E-state index contributed by atoms with van der Waals surface area (Å²) >= 11 is 1.37. The van der Waals surface area contributed by atoms with Gasteiger partial charge in [0.15, 0.2) is 0 Å². The summed E-state index contributed by atoms with van der Waals surface area (Å²) in [6.07, 6.45) is 3.16. The van der Waals surface area contributed by atoms with Gasteiger partial charge < -0.3 is 14.5 Å². The van der Waals surface area contributed by atoms with Crippen LogP contribution in [0.4, 0.5) is 14.5 Å². The molecule has 2 N–H and O–H groups in total. The molecular formula is C28H27F2N3O4S2. The molecule has 11 heteroatoms. The number of benzene rings is 3. The van der Waals surface area contributed by atoms with E-state index in [4.69, 9.17) is 4.42 Å². The topological polar surface area (TPSA) is 91.7 Å². The van der Waals surface area contributed by atoms with Crippen molar-refractivity contribution in [1.29, 1.82) is 0 Å². The Morgan fingerprint density at radius 3 is 2.54 bits per heavy atom. The molecule has 0 radical (unpaired) electrons. The lowest BCUT2D eigenvalue weighted by atomic mass is 9.89. The molecule has 7 nitrogen and oxygen atoms in total. The van der Waals surface area contributed by atoms with E-state index in [9.17, 15) is 22.0 Å². The monoisotopic (exact) mass is 571 g/mol. The highest BCUT2D eigenvalue weighted by Gasteiger charge is 2.34. The number of anilines is 1. The molecule has 4 aromatic rings. The van der Waals surface area contributed by atoms with Gasteiger partial charge in [0.05, 0.1) is 11.3 Å². The second-order valence-corrected chi connectivity index (χ2v) is 11.8. The quantitative estimate of drug-likeness (QED) is 0.265. The highest BCUT2D eigenvalue weighted by Crippen LogP contribution is 2.41. The molecule has 0 spiro atoms. The molecule has 5 rings (SSSR count). The maximum absolute atomic E-state index is 14.4. The largest absolute Gasteiger partial charge is 0.455 e. The van der Waals surface area contributed by atoms with Crippen molar-refractivity contribution in [2.24, 2.45) is 0 Å². The van der Waals surface area contributed by atoms with Crippen molar-refractivity contribution in [3.8, 4) is 11.3 Å². The summed E-state index contributed by atoms with van der Waals surface area (Å²) in [5, 5.41) is 3.21. The van der Waals surface area contributed by atoms with Crippen LogP contribution in [0.5, 0.6) is 0 Å². The van der Waals surface area contributed by atoms with Gasteiger partial charge in [-0.05, 0) is 66.8 Å². The molecule has 204 valence electrons. The number of hydrogen-bond donors (Lipinski definition) is 2. The molecule has 3 aromatic carbocycles. The number of piperidine rings is 1. The van der Waals surface area contributed by atoms with Crippen LogP contribution in [0, 0.1) is 11.6 Å². The number of carbonyl (C=O) groups excluding carboxylic acids is 1. The van der Waals surface area contributed by atoms with Gasteiger partial charge in [-0.3, -0.25) is 4.79 Å². The van der Waals surface area contributed by atoms with Crippen LogP contribution in [0.2, 0.25) is 0 Å². The van der Waals surface area contributed by atoms with E-state index < -0.39 is 21.7 Å². The summed E-state index contributed by atoms with van der Waals surface area (Å²) < 4.78 is 65.4. The lowest BCUT2D eigenvalue weighted by molar-refractivity contribution is 0.0964. The van der Waals surface area contributed by atoms with Gasteiger partial charge >= 0.3 is 0 Å². The molecule has 2 heterocycles. The van der Waals surface area contributed by atoms with E-state index in [1.807, 2.05) is 12.3 Å². The molecule has 1 atom stereocenters. The van der Waals surface area contributed by atoms with E-state index in [-0.39, 0.29) is 29.8 Å². The minimum atomic E-state index is -4.04. The van der Waals surface area contributed by atoms with Gasteiger partial charge in [0.25, 0.3) is 5.91 Å². The molecule has 1 amide bonds. The highest BCUT2D eigenvalue weighted by molar-refractivity contribution is 7.99. The van der Waals surface area contributed by atoms with Crippen LogP contribution in [0.1, 0.15) is 34.7 Å². The zero-order valence-electron chi connectivity index (χ0n) is 21.3. The third-order valence-electron chi connectivity index (χ3n) is 6.91. The Morgan fingerprint density at radius 1 is 1.10 bits per heavy atom. The highest BCUT2D eigenvalue weighted by atomic mass is 32.2. The van der Waals surface area contributed by atoms with Crippen LogP contribution < -0.4 is 10.0 Å². The number of rotatable bonds is 7. The van der Waals surface area contributed by atoms with Gasteiger partial charge in [0, 0.05) is 43.4 Å². The van der Waals surface area contributed by atoms with Gasteiger partial charge in [-0.2, -0.15) is 4.31 Å². The first kappa shape index (κ1) is 27.2. The standard InChI is InChI=1S/C28H27F2N3O4S2/c1-31-28(34)26-21-14-20(18-6-5-13-33(16-18)39(35,36)25-8-4-3-7-22(25)30)23(32-38-2)15-24(21)37-27(26)17-9-11-19(29)12-10-17/h3-4,7-12,14-15,18,32H,5-6,13,16H2,1-2H3,(H,31,34)/t18-/m0/s1. The first-order valence-corrected chi connectivity index (χ1v) is 15.0. The fraction of sp³-hybridized carbons (Fsp3) is 0.250. The smallest absolute Gasteiger partial charge is 0.255 e. The minimum absolute atomic E-state index is 0.156. The van der Waals surface area contributed by atoms with Crippen LogP contribution in [-0.2, 0) is 10.0 Å². The van der Waals surface area contributed by atoms with E-state index in [1.54, 1.807) is 18.2 Å². The molecule has 0 unspecified atom stereocenters. The number of sulfonamides is 1. The van der Waals surface area contributed by atoms with Crippen LogP contribution in [0.15, 0.2) is 70.0 Å². The summed E-state index contributed by atoms with van der Waals surface area (Å²) in [5.74, 6) is -1.47. The summed E-state index contributed by atoms with van der Waals surface area (Å²) in [5.41, 5.74) is 2.87. The van der Waals surface area contributed by atoms with Gasteiger partial charge in [-0.1, -0.05) is 24.1 Å². The maximum atomic E-state index is 14.4. The second kappa shape index (κ2) is 11.0.